The summed E-state index contributed by atoms with van der Waals surface area (Å²) >= 11 is 1.48. The van der Waals surface area contributed by atoms with Crippen LogP contribution in [-0.4, -0.2) is 21.1 Å². The Kier molecular flexibility index (Phi) is 4.84. The fourth-order valence-corrected chi connectivity index (χ4v) is 7.67. The van der Waals surface area contributed by atoms with Crippen molar-refractivity contribution in [3.8, 4) is 0 Å². The van der Waals surface area contributed by atoms with Crippen LogP contribution in [0.1, 0.15) is 64.8 Å². The summed E-state index contributed by atoms with van der Waals surface area (Å²) < 4.78 is 1.81. The first-order chi connectivity index (χ1) is 14.0. The lowest BCUT2D eigenvalue weighted by atomic mass is 9.48. The van der Waals surface area contributed by atoms with Crippen molar-refractivity contribution in [1.82, 2.24) is 9.55 Å². The average Bonchev–Trinajstić information content (AvgIpc) is 2.70. The summed E-state index contributed by atoms with van der Waals surface area (Å²) in [5.74, 6) is 3.15. The highest BCUT2D eigenvalue weighted by molar-refractivity contribution is 7.99. The van der Waals surface area contributed by atoms with Crippen LogP contribution >= 0.6 is 11.8 Å². The molecular formula is C24H30N2O2S. The number of carbonyl (C=O) groups is 1. The van der Waals surface area contributed by atoms with Crippen LogP contribution in [0.3, 0.4) is 0 Å². The van der Waals surface area contributed by atoms with Crippen LogP contribution < -0.4 is 5.56 Å². The Labute approximate surface area is 176 Å². The molecule has 0 N–H and O–H groups in total. The van der Waals surface area contributed by atoms with E-state index >= 15 is 0 Å². The smallest absolute Gasteiger partial charge is 0.262 e. The number of thioether (sulfide) groups is 1. The second-order valence-corrected chi connectivity index (χ2v) is 10.7. The van der Waals surface area contributed by atoms with E-state index in [0.29, 0.717) is 22.1 Å². The molecule has 0 spiro atoms. The van der Waals surface area contributed by atoms with Crippen molar-refractivity contribution in [3.05, 3.63) is 34.6 Å². The molecular weight excluding hydrogens is 380 g/mol. The molecule has 0 radical (unpaired) electrons. The summed E-state index contributed by atoms with van der Waals surface area (Å²) in [5, 5.41) is 1.35. The molecule has 4 fully saturated rings. The maximum atomic E-state index is 13.4. The summed E-state index contributed by atoms with van der Waals surface area (Å²) in [6.07, 6.45) is 8.19. The number of fused-ring (bicyclic) bond motifs is 1. The van der Waals surface area contributed by atoms with Gasteiger partial charge in [0, 0.05) is 11.5 Å². The Bertz CT molecular complexity index is 976. The summed E-state index contributed by atoms with van der Waals surface area (Å²) in [5.41, 5.74) is 0.650. The number of aromatic nitrogens is 2. The van der Waals surface area contributed by atoms with Gasteiger partial charge in [0.25, 0.3) is 5.56 Å². The molecule has 29 heavy (non-hydrogen) atoms. The van der Waals surface area contributed by atoms with Crippen LogP contribution in [0.15, 0.2) is 34.2 Å². The maximum Gasteiger partial charge on any atom is 0.262 e. The van der Waals surface area contributed by atoms with Crippen LogP contribution in [0.2, 0.25) is 0 Å². The van der Waals surface area contributed by atoms with Gasteiger partial charge in [0.05, 0.1) is 16.7 Å². The quantitative estimate of drug-likeness (QED) is 0.482. The number of rotatable bonds is 6. The minimum atomic E-state index is -0.0832. The van der Waals surface area contributed by atoms with Crippen LogP contribution in [0.4, 0.5) is 0 Å². The molecule has 4 bridgehead atoms. The van der Waals surface area contributed by atoms with E-state index in [1.54, 1.807) is 4.57 Å². The third kappa shape index (κ3) is 3.26. The van der Waals surface area contributed by atoms with E-state index in [2.05, 4.69) is 13.8 Å². The summed E-state index contributed by atoms with van der Waals surface area (Å²) in [6.45, 7) is 4.14. The Morgan fingerprint density at radius 1 is 1.17 bits per heavy atom. The second kappa shape index (κ2) is 7.26. The average molecular weight is 411 g/mol. The van der Waals surface area contributed by atoms with Gasteiger partial charge in [-0.2, -0.15) is 0 Å². The van der Waals surface area contributed by atoms with Crippen LogP contribution in [-0.2, 0) is 4.79 Å². The lowest BCUT2D eigenvalue weighted by molar-refractivity contribution is -0.141. The van der Waals surface area contributed by atoms with E-state index in [4.69, 9.17) is 4.98 Å². The van der Waals surface area contributed by atoms with Gasteiger partial charge in [-0.15, -0.1) is 0 Å². The number of Topliss-reactive ketones (excluding diaryl/α,β-unsaturated/α-hetero) is 1. The normalized spacial score (nSPS) is 31.3. The summed E-state index contributed by atoms with van der Waals surface area (Å²) in [6, 6.07) is 7.60. The predicted octanol–water partition coefficient (Wildman–Crippen LogP) is 5.25. The van der Waals surface area contributed by atoms with Gasteiger partial charge in [0.2, 0.25) is 0 Å². The third-order valence-corrected chi connectivity index (χ3v) is 8.72. The molecule has 1 aromatic carbocycles. The van der Waals surface area contributed by atoms with Crippen LogP contribution in [0.5, 0.6) is 0 Å². The standard InChI is InChI=1S/C24H30N2O2S/c1-3-15(2)26-22(28)19-6-4-5-7-20(19)25-23(26)29-14-21(27)24-11-16-8-17(12-24)10-18(9-16)13-24/h4-7,15-18H,3,8-14H2,1-2H3/t15-,16?,17?,18?,24?/m1/s1. The number of hydrogen-bond donors (Lipinski definition) is 0. The molecule has 5 heteroatoms. The fraction of sp³-hybridized carbons (Fsp3) is 0.625. The number of benzene rings is 1. The molecule has 6 rings (SSSR count). The molecule has 4 aliphatic rings. The van der Waals surface area contributed by atoms with Crippen molar-refractivity contribution >= 4 is 28.4 Å². The third-order valence-electron chi connectivity index (χ3n) is 7.77. The predicted molar refractivity (Wildman–Crippen MR) is 117 cm³/mol. The molecule has 1 aromatic heterocycles. The molecule has 0 amide bonds. The minimum absolute atomic E-state index is 0.00898. The highest BCUT2D eigenvalue weighted by atomic mass is 32.2. The van der Waals surface area contributed by atoms with Gasteiger partial charge >= 0.3 is 0 Å². The van der Waals surface area contributed by atoms with Crippen molar-refractivity contribution in [2.45, 2.75) is 70.0 Å². The second-order valence-electron chi connectivity index (χ2n) is 9.75. The Balaban J connectivity index is 1.43. The maximum absolute atomic E-state index is 13.4. The van der Waals surface area contributed by atoms with Gasteiger partial charge in [-0.1, -0.05) is 30.8 Å². The molecule has 1 heterocycles. The molecule has 2 aromatic rings. The van der Waals surface area contributed by atoms with E-state index in [9.17, 15) is 9.59 Å². The van der Waals surface area contributed by atoms with E-state index in [-0.39, 0.29) is 17.0 Å². The van der Waals surface area contributed by atoms with Gasteiger partial charge in [-0.05, 0) is 81.8 Å². The molecule has 1 atom stereocenters. The molecule has 4 aliphatic carbocycles. The van der Waals surface area contributed by atoms with Crippen molar-refractivity contribution in [2.24, 2.45) is 23.2 Å². The SMILES string of the molecule is CC[C@@H](C)n1c(SCC(=O)C23CC4CC(CC(C4)C2)C3)nc2ccccc2c1=O. The summed E-state index contributed by atoms with van der Waals surface area (Å²) in [4.78, 5) is 31.4. The zero-order valence-electron chi connectivity index (χ0n) is 17.4. The largest absolute Gasteiger partial charge is 0.298 e. The Hall–Kier alpha value is -1.62. The first-order valence-corrected chi connectivity index (χ1v) is 12.1. The first kappa shape index (κ1) is 19.3. The van der Waals surface area contributed by atoms with E-state index in [1.165, 1.54) is 31.0 Å². The van der Waals surface area contributed by atoms with Gasteiger partial charge in [0.15, 0.2) is 5.16 Å². The number of hydrogen-bond acceptors (Lipinski definition) is 4. The van der Waals surface area contributed by atoms with Crippen molar-refractivity contribution in [1.29, 1.82) is 0 Å². The van der Waals surface area contributed by atoms with Gasteiger partial charge in [-0.25, -0.2) is 4.98 Å². The van der Waals surface area contributed by atoms with Gasteiger partial charge in [0.1, 0.15) is 5.78 Å². The molecule has 0 aliphatic heterocycles. The van der Waals surface area contributed by atoms with E-state index in [0.717, 1.165) is 49.0 Å². The molecule has 0 saturated heterocycles. The van der Waals surface area contributed by atoms with Crippen LogP contribution in [0, 0.1) is 23.2 Å². The van der Waals surface area contributed by atoms with Crippen molar-refractivity contribution in [3.63, 3.8) is 0 Å². The zero-order chi connectivity index (χ0) is 20.2. The number of ketones is 1. The fourth-order valence-electron chi connectivity index (χ4n) is 6.53. The summed E-state index contributed by atoms with van der Waals surface area (Å²) in [7, 11) is 0. The van der Waals surface area contributed by atoms with Crippen LogP contribution in [0.25, 0.3) is 10.9 Å². The van der Waals surface area contributed by atoms with Crippen molar-refractivity contribution < 1.29 is 4.79 Å². The molecule has 4 nitrogen and oxygen atoms in total. The molecule has 0 unspecified atom stereocenters. The zero-order valence-corrected chi connectivity index (χ0v) is 18.2. The molecule has 154 valence electrons. The topological polar surface area (TPSA) is 52.0 Å². The van der Waals surface area contributed by atoms with Crippen molar-refractivity contribution in [2.75, 3.05) is 5.75 Å². The Morgan fingerprint density at radius 3 is 2.41 bits per heavy atom. The van der Waals surface area contributed by atoms with Gasteiger partial charge < -0.3 is 0 Å². The number of para-hydroxylation sites is 1. The monoisotopic (exact) mass is 410 g/mol. The van der Waals surface area contributed by atoms with Gasteiger partial charge in [-0.3, -0.25) is 14.2 Å². The first-order valence-electron chi connectivity index (χ1n) is 11.2. The highest BCUT2D eigenvalue weighted by Crippen LogP contribution is 2.60. The number of carbonyl (C=O) groups excluding carboxylic acids is 1. The highest BCUT2D eigenvalue weighted by Gasteiger charge is 2.54. The lowest BCUT2D eigenvalue weighted by Crippen LogP contribution is -2.50. The Morgan fingerprint density at radius 2 is 1.79 bits per heavy atom. The van der Waals surface area contributed by atoms with E-state index in [1.807, 2.05) is 24.3 Å². The molecule has 4 saturated carbocycles. The van der Waals surface area contributed by atoms with E-state index < -0.39 is 0 Å². The number of nitrogens with zero attached hydrogens (tertiary/aromatic N) is 2. The minimum Gasteiger partial charge on any atom is -0.298 e. The lowest BCUT2D eigenvalue weighted by Gasteiger charge is -2.56.